The summed E-state index contributed by atoms with van der Waals surface area (Å²) in [5, 5.41) is 12.9. The number of nitriles is 1. The van der Waals surface area contributed by atoms with Gasteiger partial charge in [0.25, 0.3) is 0 Å². The van der Waals surface area contributed by atoms with Gasteiger partial charge in [-0.3, -0.25) is 0 Å². The third kappa shape index (κ3) is 6.27. The molecule has 5 rings (SSSR count). The molecular weight excluding hydrogens is 527 g/mol. The Hall–Kier alpha value is -4.76. The molecule has 0 radical (unpaired) electrons. The van der Waals surface area contributed by atoms with E-state index in [0.717, 1.165) is 0 Å². The lowest BCUT2D eigenvalue weighted by atomic mass is 10.2. The zero-order valence-electron chi connectivity index (χ0n) is 21.4. The fourth-order valence-corrected chi connectivity index (χ4v) is 4.19. The SMILES string of the molecule is COc1cc(Nc2nc3cccc(C#N)c3nc2N2CCOCC2)ccc1OCc1ccc(OC(F)(F)F)cc1. The Balaban J connectivity index is 1.37. The first-order valence-corrected chi connectivity index (χ1v) is 12.3. The van der Waals surface area contributed by atoms with E-state index in [1.807, 2.05) is 0 Å². The Kier molecular flexibility index (Phi) is 7.75. The summed E-state index contributed by atoms with van der Waals surface area (Å²) in [6.45, 7) is 2.47. The van der Waals surface area contributed by atoms with Crippen LogP contribution < -0.4 is 24.4 Å². The number of methoxy groups -OCH3 is 1. The molecule has 40 heavy (non-hydrogen) atoms. The molecular formula is C28H24F3N5O4. The van der Waals surface area contributed by atoms with Crippen molar-refractivity contribution in [2.75, 3.05) is 43.6 Å². The number of hydrogen-bond donors (Lipinski definition) is 1. The molecule has 0 bridgehead atoms. The molecule has 0 unspecified atom stereocenters. The van der Waals surface area contributed by atoms with Gasteiger partial charge < -0.3 is 29.2 Å². The number of aromatic nitrogens is 2. The number of fused-ring (bicyclic) bond motifs is 1. The molecule has 12 heteroatoms. The van der Waals surface area contributed by atoms with Gasteiger partial charge in [0.05, 0.1) is 31.4 Å². The molecule has 0 amide bonds. The highest BCUT2D eigenvalue weighted by Gasteiger charge is 2.31. The fraction of sp³-hybridized carbons (Fsp3) is 0.250. The van der Waals surface area contributed by atoms with Crippen LogP contribution in [0.15, 0.2) is 60.7 Å². The van der Waals surface area contributed by atoms with Crippen molar-refractivity contribution in [1.29, 1.82) is 5.26 Å². The van der Waals surface area contributed by atoms with E-state index in [2.05, 4.69) is 21.0 Å². The van der Waals surface area contributed by atoms with Gasteiger partial charge in [-0.05, 0) is 42.0 Å². The first-order chi connectivity index (χ1) is 19.3. The lowest BCUT2D eigenvalue weighted by Gasteiger charge is -2.29. The van der Waals surface area contributed by atoms with Crippen LogP contribution in [-0.4, -0.2) is 49.7 Å². The van der Waals surface area contributed by atoms with Crippen LogP contribution in [-0.2, 0) is 11.3 Å². The van der Waals surface area contributed by atoms with Crippen molar-refractivity contribution in [1.82, 2.24) is 9.97 Å². The molecule has 3 aromatic carbocycles. The highest BCUT2D eigenvalue weighted by Crippen LogP contribution is 2.35. The summed E-state index contributed by atoms with van der Waals surface area (Å²) in [5.41, 5.74) is 2.86. The second kappa shape index (κ2) is 11.5. The largest absolute Gasteiger partial charge is 0.573 e. The number of para-hydroxylation sites is 1. The van der Waals surface area contributed by atoms with Gasteiger partial charge in [0, 0.05) is 24.8 Å². The maximum absolute atomic E-state index is 12.4. The standard InChI is InChI=1S/C28H24F3N5O4/c1-37-24-15-20(7-10-23(24)39-17-18-5-8-21(9-6-18)40-28(29,30)31)33-26-27(36-11-13-38-14-12-36)35-25-19(16-32)3-2-4-22(25)34-26/h2-10,15H,11-14,17H2,1H3,(H,33,34). The molecule has 1 saturated heterocycles. The zero-order chi connectivity index (χ0) is 28.1. The van der Waals surface area contributed by atoms with Gasteiger partial charge in [-0.2, -0.15) is 5.26 Å². The lowest BCUT2D eigenvalue weighted by Crippen LogP contribution is -2.37. The molecule has 9 nitrogen and oxygen atoms in total. The summed E-state index contributed by atoms with van der Waals surface area (Å²) < 4.78 is 57.9. The van der Waals surface area contributed by atoms with Gasteiger partial charge >= 0.3 is 6.36 Å². The predicted octanol–water partition coefficient (Wildman–Crippen LogP) is 5.57. The maximum atomic E-state index is 12.4. The summed E-state index contributed by atoms with van der Waals surface area (Å²) in [6.07, 6.45) is -4.75. The molecule has 0 atom stereocenters. The molecule has 1 N–H and O–H groups in total. The molecule has 0 aliphatic carbocycles. The fourth-order valence-electron chi connectivity index (χ4n) is 4.19. The van der Waals surface area contributed by atoms with Gasteiger partial charge in [-0.1, -0.05) is 18.2 Å². The van der Waals surface area contributed by atoms with Crippen LogP contribution in [0.25, 0.3) is 11.0 Å². The summed E-state index contributed by atoms with van der Waals surface area (Å²) >= 11 is 0. The highest BCUT2D eigenvalue weighted by atomic mass is 19.4. The van der Waals surface area contributed by atoms with Crippen LogP contribution in [0, 0.1) is 11.3 Å². The molecule has 1 aliphatic heterocycles. The molecule has 206 valence electrons. The molecule has 4 aromatic rings. The molecule has 1 aliphatic rings. The number of anilines is 3. The Morgan fingerprint density at radius 2 is 1.80 bits per heavy atom. The number of ether oxygens (including phenoxy) is 4. The maximum Gasteiger partial charge on any atom is 0.573 e. The number of halogens is 3. The second-order valence-electron chi connectivity index (χ2n) is 8.75. The van der Waals surface area contributed by atoms with Crippen molar-refractivity contribution >= 4 is 28.4 Å². The quantitative estimate of drug-likeness (QED) is 0.301. The van der Waals surface area contributed by atoms with Crippen molar-refractivity contribution < 1.29 is 32.1 Å². The van der Waals surface area contributed by atoms with E-state index < -0.39 is 6.36 Å². The smallest absolute Gasteiger partial charge is 0.493 e. The Morgan fingerprint density at radius 1 is 1.02 bits per heavy atom. The normalized spacial score (nSPS) is 13.5. The Labute approximate surface area is 227 Å². The predicted molar refractivity (Wildman–Crippen MR) is 141 cm³/mol. The van der Waals surface area contributed by atoms with Crippen molar-refractivity contribution in [3.05, 3.63) is 71.8 Å². The zero-order valence-corrected chi connectivity index (χ0v) is 21.4. The number of morpholine rings is 1. The topological polar surface area (TPSA) is 102 Å². The number of hydrogen-bond acceptors (Lipinski definition) is 9. The third-order valence-corrected chi connectivity index (χ3v) is 6.09. The molecule has 1 fully saturated rings. The van der Waals surface area contributed by atoms with E-state index >= 15 is 0 Å². The average Bonchev–Trinajstić information content (AvgIpc) is 2.96. The van der Waals surface area contributed by atoms with Crippen molar-refractivity contribution in [3.8, 4) is 23.3 Å². The average molecular weight is 552 g/mol. The molecule has 1 aromatic heterocycles. The number of nitrogens with one attached hydrogen (secondary N) is 1. The van der Waals surface area contributed by atoms with Crippen LogP contribution in [0.3, 0.4) is 0 Å². The van der Waals surface area contributed by atoms with Gasteiger partial charge in [0.1, 0.15) is 23.9 Å². The minimum atomic E-state index is -4.75. The van der Waals surface area contributed by atoms with Gasteiger partial charge in [0.2, 0.25) is 0 Å². The summed E-state index contributed by atoms with van der Waals surface area (Å²) in [5.74, 6) is 1.70. The molecule has 0 spiro atoms. The minimum Gasteiger partial charge on any atom is -0.493 e. The van der Waals surface area contributed by atoms with E-state index in [-0.39, 0.29) is 12.4 Å². The van der Waals surface area contributed by atoms with E-state index in [4.69, 9.17) is 24.2 Å². The van der Waals surface area contributed by atoms with Crippen LogP contribution >= 0.6 is 0 Å². The number of alkyl halides is 3. The number of benzene rings is 3. The van der Waals surface area contributed by atoms with Crippen LogP contribution in [0.1, 0.15) is 11.1 Å². The van der Waals surface area contributed by atoms with Crippen LogP contribution in [0.5, 0.6) is 17.2 Å². The van der Waals surface area contributed by atoms with Gasteiger partial charge in [-0.25, -0.2) is 9.97 Å². The third-order valence-electron chi connectivity index (χ3n) is 6.09. The van der Waals surface area contributed by atoms with Gasteiger partial charge in [-0.15, -0.1) is 13.2 Å². The highest BCUT2D eigenvalue weighted by molar-refractivity contribution is 5.86. The lowest BCUT2D eigenvalue weighted by molar-refractivity contribution is -0.274. The van der Waals surface area contributed by atoms with Gasteiger partial charge in [0.15, 0.2) is 23.1 Å². The van der Waals surface area contributed by atoms with E-state index in [9.17, 15) is 18.4 Å². The van der Waals surface area contributed by atoms with Crippen molar-refractivity contribution in [3.63, 3.8) is 0 Å². The van der Waals surface area contributed by atoms with E-state index in [0.29, 0.717) is 77.3 Å². The number of rotatable bonds is 8. The van der Waals surface area contributed by atoms with Crippen molar-refractivity contribution in [2.24, 2.45) is 0 Å². The van der Waals surface area contributed by atoms with Crippen molar-refractivity contribution in [2.45, 2.75) is 13.0 Å². The summed E-state index contributed by atoms with van der Waals surface area (Å²) in [4.78, 5) is 11.6. The van der Waals surface area contributed by atoms with Crippen LogP contribution in [0.2, 0.25) is 0 Å². The first kappa shape index (κ1) is 26.8. The first-order valence-electron chi connectivity index (χ1n) is 12.3. The molecule has 0 saturated carbocycles. The minimum absolute atomic E-state index is 0.105. The second-order valence-corrected chi connectivity index (χ2v) is 8.75. The molecule has 2 heterocycles. The Morgan fingerprint density at radius 3 is 2.50 bits per heavy atom. The van der Waals surface area contributed by atoms with E-state index in [1.54, 1.807) is 36.4 Å². The monoisotopic (exact) mass is 551 g/mol. The summed E-state index contributed by atoms with van der Waals surface area (Å²) in [6, 6.07) is 18.2. The number of nitrogens with zero attached hydrogens (tertiary/aromatic N) is 4. The summed E-state index contributed by atoms with van der Waals surface area (Å²) in [7, 11) is 1.51. The van der Waals surface area contributed by atoms with Crippen LogP contribution in [0.4, 0.5) is 30.5 Å². The van der Waals surface area contributed by atoms with E-state index in [1.165, 1.54) is 31.4 Å². The Bertz CT molecular complexity index is 1530.